The van der Waals surface area contributed by atoms with Crippen LogP contribution in [0.15, 0.2) is 30.3 Å². The summed E-state index contributed by atoms with van der Waals surface area (Å²) in [4.78, 5) is 12.2. The minimum absolute atomic E-state index is 0.137. The molecule has 3 heteroatoms. The van der Waals surface area contributed by atoms with Crippen LogP contribution in [0.25, 0.3) is 0 Å². The van der Waals surface area contributed by atoms with E-state index in [-0.39, 0.29) is 11.4 Å². The molecule has 2 aliphatic rings. The van der Waals surface area contributed by atoms with Crippen LogP contribution in [-0.4, -0.2) is 17.5 Å². The third kappa shape index (κ3) is 3.21. The van der Waals surface area contributed by atoms with Crippen molar-refractivity contribution >= 4 is 5.91 Å². The van der Waals surface area contributed by atoms with E-state index in [1.54, 1.807) is 0 Å². The molecule has 2 atom stereocenters. The zero-order valence-corrected chi connectivity index (χ0v) is 12.0. The van der Waals surface area contributed by atoms with E-state index in [9.17, 15) is 4.79 Å². The van der Waals surface area contributed by atoms with Gasteiger partial charge in [0.15, 0.2) is 0 Å². The van der Waals surface area contributed by atoms with Gasteiger partial charge >= 0.3 is 0 Å². The average molecular weight is 272 g/mol. The Morgan fingerprint density at radius 3 is 2.60 bits per heavy atom. The summed E-state index contributed by atoms with van der Waals surface area (Å²) >= 11 is 0. The highest BCUT2D eigenvalue weighted by Crippen LogP contribution is 2.40. The van der Waals surface area contributed by atoms with Crippen LogP contribution in [0, 0.1) is 0 Å². The number of benzene rings is 1. The van der Waals surface area contributed by atoms with Crippen molar-refractivity contribution in [2.24, 2.45) is 5.73 Å². The maximum atomic E-state index is 12.2. The molecule has 2 aliphatic carbocycles. The van der Waals surface area contributed by atoms with Crippen molar-refractivity contribution in [3.05, 3.63) is 35.9 Å². The first-order chi connectivity index (χ1) is 9.66. The van der Waals surface area contributed by atoms with Crippen LogP contribution < -0.4 is 11.1 Å². The molecule has 0 aliphatic heterocycles. The van der Waals surface area contributed by atoms with Crippen molar-refractivity contribution in [3.63, 3.8) is 0 Å². The van der Waals surface area contributed by atoms with Crippen LogP contribution in [0.1, 0.15) is 56.4 Å². The Labute approximate surface area is 120 Å². The molecule has 1 aromatic carbocycles. The second kappa shape index (κ2) is 5.57. The molecule has 0 spiro atoms. The summed E-state index contributed by atoms with van der Waals surface area (Å²) in [6.07, 6.45) is 7.14. The zero-order chi connectivity index (χ0) is 14.0. The van der Waals surface area contributed by atoms with Crippen molar-refractivity contribution in [2.45, 2.75) is 62.4 Å². The van der Waals surface area contributed by atoms with E-state index in [1.807, 2.05) is 6.07 Å². The fourth-order valence-corrected chi connectivity index (χ4v) is 3.43. The second-order valence-electron chi connectivity index (χ2n) is 6.53. The molecular weight excluding hydrogens is 248 g/mol. The van der Waals surface area contributed by atoms with Gasteiger partial charge in [0.25, 0.3) is 0 Å². The first-order valence-electron chi connectivity index (χ1n) is 7.79. The number of hydrogen-bond acceptors (Lipinski definition) is 2. The van der Waals surface area contributed by atoms with Crippen LogP contribution in [0.5, 0.6) is 0 Å². The number of hydrogen-bond donors (Lipinski definition) is 2. The van der Waals surface area contributed by atoms with Gasteiger partial charge in [-0.3, -0.25) is 4.79 Å². The minimum Gasteiger partial charge on any atom is -0.353 e. The van der Waals surface area contributed by atoms with Crippen LogP contribution in [0.2, 0.25) is 0 Å². The van der Waals surface area contributed by atoms with Crippen molar-refractivity contribution < 1.29 is 4.79 Å². The Morgan fingerprint density at radius 1 is 1.20 bits per heavy atom. The largest absolute Gasteiger partial charge is 0.353 e. The number of carbonyl (C=O) groups excluding carboxylic acids is 1. The van der Waals surface area contributed by atoms with Gasteiger partial charge in [0.1, 0.15) is 0 Å². The second-order valence-corrected chi connectivity index (χ2v) is 6.53. The maximum absolute atomic E-state index is 12.2. The summed E-state index contributed by atoms with van der Waals surface area (Å²) < 4.78 is 0. The van der Waals surface area contributed by atoms with Gasteiger partial charge in [0.2, 0.25) is 5.91 Å². The van der Waals surface area contributed by atoms with Crippen molar-refractivity contribution in [3.8, 4) is 0 Å². The first kappa shape index (κ1) is 13.6. The van der Waals surface area contributed by atoms with E-state index in [1.165, 1.54) is 24.8 Å². The smallest absolute Gasteiger partial charge is 0.222 e. The Balaban J connectivity index is 1.49. The molecule has 2 unspecified atom stereocenters. The summed E-state index contributed by atoms with van der Waals surface area (Å²) in [5, 5.41) is 3.16. The van der Waals surface area contributed by atoms with E-state index in [0.717, 1.165) is 19.3 Å². The SMILES string of the molecule is NC1(CC(=O)NC2CC2c2ccccc2)CCCCC1. The van der Waals surface area contributed by atoms with Gasteiger partial charge in [-0.2, -0.15) is 0 Å². The fourth-order valence-electron chi connectivity index (χ4n) is 3.43. The van der Waals surface area contributed by atoms with Gasteiger partial charge in [-0.15, -0.1) is 0 Å². The van der Waals surface area contributed by atoms with Crippen LogP contribution >= 0.6 is 0 Å². The van der Waals surface area contributed by atoms with E-state index < -0.39 is 0 Å². The number of nitrogens with two attached hydrogens (primary N) is 1. The van der Waals surface area contributed by atoms with Gasteiger partial charge in [-0.1, -0.05) is 49.6 Å². The van der Waals surface area contributed by atoms with E-state index in [2.05, 4.69) is 29.6 Å². The van der Waals surface area contributed by atoms with Gasteiger partial charge in [0, 0.05) is 23.9 Å². The molecule has 0 saturated heterocycles. The quantitative estimate of drug-likeness (QED) is 0.885. The highest BCUT2D eigenvalue weighted by molar-refractivity contribution is 5.78. The summed E-state index contributed by atoms with van der Waals surface area (Å²) in [5.74, 6) is 0.637. The number of rotatable bonds is 4. The van der Waals surface area contributed by atoms with Gasteiger partial charge in [0.05, 0.1) is 0 Å². The lowest BCUT2D eigenvalue weighted by atomic mass is 9.80. The normalized spacial score (nSPS) is 27.9. The predicted octanol–water partition coefficient (Wildman–Crippen LogP) is 2.71. The molecule has 1 amide bonds. The monoisotopic (exact) mass is 272 g/mol. The molecule has 3 N–H and O–H groups in total. The van der Waals surface area contributed by atoms with E-state index in [4.69, 9.17) is 5.73 Å². The Morgan fingerprint density at radius 2 is 1.90 bits per heavy atom. The van der Waals surface area contributed by atoms with Crippen LogP contribution in [0.3, 0.4) is 0 Å². The first-order valence-corrected chi connectivity index (χ1v) is 7.79. The standard InChI is InChI=1S/C17H24N2O/c18-17(9-5-2-6-10-17)12-16(20)19-15-11-14(15)13-7-3-1-4-8-13/h1,3-4,7-8,14-15H,2,5-6,9-12,18H2,(H,19,20). The molecule has 108 valence electrons. The molecule has 20 heavy (non-hydrogen) atoms. The molecule has 0 aromatic heterocycles. The molecule has 3 rings (SSSR count). The minimum atomic E-state index is -0.251. The molecule has 2 fully saturated rings. The molecule has 2 saturated carbocycles. The van der Waals surface area contributed by atoms with Crippen molar-refractivity contribution in [1.82, 2.24) is 5.32 Å². The summed E-state index contributed by atoms with van der Waals surface area (Å²) in [7, 11) is 0. The highest BCUT2D eigenvalue weighted by Gasteiger charge is 2.40. The molecule has 1 aromatic rings. The lowest BCUT2D eigenvalue weighted by molar-refractivity contribution is -0.122. The molecule has 0 radical (unpaired) electrons. The third-order valence-corrected chi connectivity index (χ3v) is 4.73. The summed E-state index contributed by atoms with van der Waals surface area (Å²) in [6, 6.07) is 10.7. The molecule has 3 nitrogen and oxygen atoms in total. The van der Waals surface area contributed by atoms with Crippen LogP contribution in [0.4, 0.5) is 0 Å². The Hall–Kier alpha value is -1.35. The highest BCUT2D eigenvalue weighted by atomic mass is 16.1. The summed E-state index contributed by atoms with van der Waals surface area (Å²) in [5.41, 5.74) is 7.42. The molecule has 0 bridgehead atoms. The lowest BCUT2D eigenvalue weighted by Crippen LogP contribution is -2.46. The van der Waals surface area contributed by atoms with Gasteiger partial charge in [-0.05, 0) is 24.8 Å². The van der Waals surface area contributed by atoms with Gasteiger partial charge in [-0.25, -0.2) is 0 Å². The number of nitrogens with one attached hydrogen (secondary N) is 1. The van der Waals surface area contributed by atoms with Gasteiger partial charge < -0.3 is 11.1 Å². The van der Waals surface area contributed by atoms with E-state index in [0.29, 0.717) is 18.4 Å². The lowest BCUT2D eigenvalue weighted by Gasteiger charge is -2.32. The van der Waals surface area contributed by atoms with Crippen molar-refractivity contribution in [1.29, 1.82) is 0 Å². The van der Waals surface area contributed by atoms with Crippen molar-refractivity contribution in [2.75, 3.05) is 0 Å². The third-order valence-electron chi connectivity index (χ3n) is 4.73. The fraction of sp³-hybridized carbons (Fsp3) is 0.588. The maximum Gasteiger partial charge on any atom is 0.222 e. The number of carbonyl (C=O) groups is 1. The Kier molecular flexibility index (Phi) is 3.79. The molecular formula is C17H24N2O. The predicted molar refractivity (Wildman–Crippen MR) is 80.4 cm³/mol. The molecule has 0 heterocycles. The van der Waals surface area contributed by atoms with Crippen LogP contribution in [-0.2, 0) is 4.79 Å². The average Bonchev–Trinajstić information content (AvgIpc) is 3.19. The zero-order valence-electron chi connectivity index (χ0n) is 12.0. The van der Waals surface area contributed by atoms with E-state index >= 15 is 0 Å². The topological polar surface area (TPSA) is 55.1 Å². The Bertz CT molecular complexity index is 465. The summed E-state index contributed by atoms with van der Waals surface area (Å²) in [6.45, 7) is 0. The number of amides is 1.